The first-order valence-electron chi connectivity index (χ1n) is 6.52. The fourth-order valence-electron chi connectivity index (χ4n) is 2.20. The molecule has 2 N–H and O–H groups in total. The lowest BCUT2D eigenvalue weighted by atomic mass is 10.1. The Morgan fingerprint density at radius 1 is 1.40 bits per heavy atom. The van der Waals surface area contributed by atoms with Gasteiger partial charge in [-0.25, -0.2) is 0 Å². The van der Waals surface area contributed by atoms with E-state index in [0.29, 0.717) is 5.39 Å². The molecule has 0 aliphatic carbocycles. The summed E-state index contributed by atoms with van der Waals surface area (Å²) in [6, 6.07) is 5.16. The zero-order chi connectivity index (χ0) is 14.5. The molecule has 0 bridgehead atoms. The van der Waals surface area contributed by atoms with E-state index in [4.69, 9.17) is 5.11 Å². The Bertz CT molecular complexity index is 616. The number of anilines is 1. The van der Waals surface area contributed by atoms with Crippen LogP contribution in [0.1, 0.15) is 19.8 Å². The van der Waals surface area contributed by atoms with Crippen LogP contribution in [-0.2, 0) is 0 Å². The molecule has 1 aromatic heterocycles. The zero-order valence-corrected chi connectivity index (χ0v) is 11.2. The molecule has 6 heteroatoms. The van der Waals surface area contributed by atoms with Crippen LogP contribution in [0.2, 0.25) is 0 Å². The third-order valence-corrected chi connectivity index (χ3v) is 3.19. The average Bonchev–Trinajstić information content (AvgIpc) is 2.45. The minimum atomic E-state index is -0.400. The van der Waals surface area contributed by atoms with Crippen molar-refractivity contribution in [2.24, 2.45) is 0 Å². The molecule has 1 aromatic carbocycles. The van der Waals surface area contributed by atoms with Crippen molar-refractivity contribution in [1.29, 1.82) is 0 Å². The zero-order valence-electron chi connectivity index (χ0n) is 11.2. The molecule has 1 atom stereocenters. The molecule has 0 spiro atoms. The average molecular weight is 275 g/mol. The number of benzene rings is 1. The van der Waals surface area contributed by atoms with Gasteiger partial charge in [-0.15, -0.1) is 0 Å². The fourth-order valence-corrected chi connectivity index (χ4v) is 2.20. The molecule has 20 heavy (non-hydrogen) atoms. The largest absolute Gasteiger partial charge is 0.396 e. The van der Waals surface area contributed by atoms with Gasteiger partial charge in [0.1, 0.15) is 0 Å². The van der Waals surface area contributed by atoms with Crippen molar-refractivity contribution in [3.05, 3.63) is 40.7 Å². The maximum absolute atomic E-state index is 11.0. The first-order valence-corrected chi connectivity index (χ1v) is 6.52. The van der Waals surface area contributed by atoms with Gasteiger partial charge < -0.3 is 10.4 Å². The second kappa shape index (κ2) is 6.29. The van der Waals surface area contributed by atoms with Crippen LogP contribution in [0, 0.1) is 10.1 Å². The molecule has 2 aromatic rings. The molecule has 1 heterocycles. The third kappa shape index (κ3) is 3.03. The Balaban J connectivity index is 2.35. The molecule has 0 saturated heterocycles. The number of nitro groups is 1. The first-order chi connectivity index (χ1) is 9.63. The lowest BCUT2D eigenvalue weighted by Crippen LogP contribution is -2.15. The SMILES string of the molecule is CC(CCCO)Nc1ccc([N+](=O)[O-])c2cnccc12. The van der Waals surface area contributed by atoms with Gasteiger partial charge in [0, 0.05) is 42.2 Å². The lowest BCUT2D eigenvalue weighted by Gasteiger charge is -2.16. The lowest BCUT2D eigenvalue weighted by molar-refractivity contribution is -0.383. The quantitative estimate of drug-likeness (QED) is 0.625. The van der Waals surface area contributed by atoms with Gasteiger partial charge in [0.05, 0.1) is 10.3 Å². The molecule has 0 aliphatic heterocycles. The van der Waals surface area contributed by atoms with Crippen molar-refractivity contribution >= 4 is 22.1 Å². The first kappa shape index (κ1) is 14.2. The van der Waals surface area contributed by atoms with E-state index in [9.17, 15) is 10.1 Å². The Labute approximate surface area is 116 Å². The topological polar surface area (TPSA) is 88.3 Å². The van der Waals surface area contributed by atoms with E-state index in [1.807, 2.05) is 6.92 Å². The number of nitrogens with one attached hydrogen (secondary N) is 1. The summed E-state index contributed by atoms with van der Waals surface area (Å²) in [5.41, 5.74) is 0.903. The van der Waals surface area contributed by atoms with Crippen molar-refractivity contribution in [3.8, 4) is 0 Å². The molecule has 0 saturated carbocycles. The van der Waals surface area contributed by atoms with Crippen LogP contribution in [0.3, 0.4) is 0 Å². The number of fused-ring (bicyclic) bond motifs is 1. The van der Waals surface area contributed by atoms with E-state index in [1.165, 1.54) is 12.3 Å². The highest BCUT2D eigenvalue weighted by Gasteiger charge is 2.15. The monoisotopic (exact) mass is 275 g/mol. The maximum Gasteiger partial charge on any atom is 0.278 e. The van der Waals surface area contributed by atoms with E-state index in [-0.39, 0.29) is 18.3 Å². The molecule has 2 rings (SSSR count). The summed E-state index contributed by atoms with van der Waals surface area (Å²) in [7, 11) is 0. The van der Waals surface area contributed by atoms with Gasteiger partial charge in [-0.1, -0.05) is 0 Å². The van der Waals surface area contributed by atoms with E-state index < -0.39 is 4.92 Å². The van der Waals surface area contributed by atoms with Gasteiger partial charge in [0.25, 0.3) is 5.69 Å². The van der Waals surface area contributed by atoms with Gasteiger partial charge in [-0.05, 0) is 31.9 Å². The summed E-state index contributed by atoms with van der Waals surface area (Å²) in [5, 5.41) is 24.5. The van der Waals surface area contributed by atoms with Crippen LogP contribution < -0.4 is 5.32 Å². The minimum absolute atomic E-state index is 0.0571. The predicted octanol–water partition coefficient (Wildman–Crippen LogP) is 2.72. The molecule has 0 fully saturated rings. The van der Waals surface area contributed by atoms with E-state index in [1.54, 1.807) is 18.3 Å². The number of rotatable bonds is 6. The number of hydrogen-bond acceptors (Lipinski definition) is 5. The summed E-state index contributed by atoms with van der Waals surface area (Å²) in [6.45, 7) is 2.18. The number of aromatic nitrogens is 1. The summed E-state index contributed by atoms with van der Waals surface area (Å²) >= 11 is 0. The molecule has 1 unspecified atom stereocenters. The predicted molar refractivity (Wildman–Crippen MR) is 77.8 cm³/mol. The van der Waals surface area contributed by atoms with Gasteiger partial charge in [-0.2, -0.15) is 0 Å². The second-order valence-electron chi connectivity index (χ2n) is 4.72. The minimum Gasteiger partial charge on any atom is -0.396 e. The number of aliphatic hydroxyl groups excluding tert-OH is 1. The molecule has 6 nitrogen and oxygen atoms in total. The van der Waals surface area contributed by atoms with Crippen LogP contribution >= 0.6 is 0 Å². The Kier molecular flexibility index (Phi) is 4.47. The number of nitro benzene ring substituents is 1. The van der Waals surface area contributed by atoms with E-state index in [0.717, 1.165) is 23.9 Å². The van der Waals surface area contributed by atoms with Crippen LogP contribution in [0.15, 0.2) is 30.6 Å². The maximum atomic E-state index is 11.0. The summed E-state index contributed by atoms with van der Waals surface area (Å²) < 4.78 is 0. The third-order valence-electron chi connectivity index (χ3n) is 3.19. The molecule has 0 aliphatic rings. The summed E-state index contributed by atoms with van der Waals surface area (Å²) in [5.74, 6) is 0. The van der Waals surface area contributed by atoms with Gasteiger partial charge in [0.2, 0.25) is 0 Å². The normalized spacial score (nSPS) is 12.3. The van der Waals surface area contributed by atoms with Gasteiger partial charge >= 0.3 is 0 Å². The second-order valence-corrected chi connectivity index (χ2v) is 4.72. The highest BCUT2D eigenvalue weighted by atomic mass is 16.6. The summed E-state index contributed by atoms with van der Waals surface area (Å²) in [4.78, 5) is 14.6. The number of non-ortho nitro benzene ring substituents is 1. The molecule has 0 amide bonds. The molecule has 0 radical (unpaired) electrons. The number of hydrogen-bond donors (Lipinski definition) is 2. The van der Waals surface area contributed by atoms with Crippen LogP contribution in [0.5, 0.6) is 0 Å². The van der Waals surface area contributed by atoms with Gasteiger partial charge in [0.15, 0.2) is 0 Å². The molecule has 106 valence electrons. The standard InChI is InChI=1S/C14H17N3O3/c1-10(3-2-8-18)16-13-4-5-14(17(19)20)12-9-15-7-6-11(12)13/h4-7,9-10,16,18H,2-3,8H2,1H3. The number of nitrogens with zero attached hydrogens (tertiary/aromatic N) is 2. The highest BCUT2D eigenvalue weighted by molar-refractivity contribution is 5.99. The van der Waals surface area contributed by atoms with Crippen molar-refractivity contribution < 1.29 is 10.0 Å². The van der Waals surface area contributed by atoms with Crippen molar-refractivity contribution in [2.75, 3.05) is 11.9 Å². The van der Waals surface area contributed by atoms with E-state index in [2.05, 4.69) is 10.3 Å². The molecular formula is C14H17N3O3. The van der Waals surface area contributed by atoms with Crippen molar-refractivity contribution in [1.82, 2.24) is 4.98 Å². The Morgan fingerprint density at radius 2 is 2.20 bits per heavy atom. The van der Waals surface area contributed by atoms with Crippen LogP contribution in [0.25, 0.3) is 10.8 Å². The number of pyridine rings is 1. The van der Waals surface area contributed by atoms with Crippen molar-refractivity contribution in [3.63, 3.8) is 0 Å². The summed E-state index contributed by atoms with van der Waals surface area (Å²) in [6.07, 6.45) is 4.69. The molecular weight excluding hydrogens is 258 g/mol. The Hall–Kier alpha value is -2.21. The van der Waals surface area contributed by atoms with E-state index >= 15 is 0 Å². The highest BCUT2D eigenvalue weighted by Crippen LogP contribution is 2.31. The smallest absolute Gasteiger partial charge is 0.278 e. The number of aliphatic hydroxyl groups is 1. The Morgan fingerprint density at radius 3 is 2.90 bits per heavy atom. The van der Waals surface area contributed by atoms with Crippen molar-refractivity contribution in [2.45, 2.75) is 25.8 Å². The fraction of sp³-hybridized carbons (Fsp3) is 0.357. The van der Waals surface area contributed by atoms with Gasteiger partial charge in [-0.3, -0.25) is 15.1 Å². The van der Waals surface area contributed by atoms with Crippen LogP contribution in [-0.4, -0.2) is 27.7 Å². The van der Waals surface area contributed by atoms with Crippen LogP contribution in [0.4, 0.5) is 11.4 Å².